The predicted molar refractivity (Wildman–Crippen MR) is 78.8 cm³/mol. The summed E-state index contributed by atoms with van der Waals surface area (Å²) in [5.74, 6) is 0.646. The molecule has 0 aromatic carbocycles. The van der Waals surface area contributed by atoms with Gasteiger partial charge < -0.3 is 0 Å². The first kappa shape index (κ1) is 15.8. The molecule has 1 fully saturated rings. The van der Waals surface area contributed by atoms with Gasteiger partial charge in [-0.2, -0.15) is 10.4 Å². The summed E-state index contributed by atoms with van der Waals surface area (Å²) in [4.78, 5) is 0. The number of rotatable bonds is 4. The van der Waals surface area contributed by atoms with E-state index in [0.29, 0.717) is 18.4 Å². The second kappa shape index (κ2) is 8.74. The molecule has 1 heterocycles. The molecule has 1 aliphatic carbocycles. The van der Waals surface area contributed by atoms with Gasteiger partial charge in [0.25, 0.3) is 0 Å². The fourth-order valence-corrected chi connectivity index (χ4v) is 2.83. The molecule has 0 saturated heterocycles. The molecule has 1 aromatic heterocycles. The van der Waals surface area contributed by atoms with Crippen molar-refractivity contribution >= 4 is 0 Å². The van der Waals surface area contributed by atoms with Gasteiger partial charge in [0.2, 0.25) is 0 Å². The van der Waals surface area contributed by atoms with Crippen molar-refractivity contribution in [2.75, 3.05) is 0 Å². The maximum atomic E-state index is 9.00. The molecule has 106 valence electrons. The molecule has 1 aliphatic rings. The van der Waals surface area contributed by atoms with Crippen molar-refractivity contribution in [2.24, 2.45) is 5.92 Å². The molecule has 0 bridgehead atoms. The zero-order valence-corrected chi connectivity index (χ0v) is 12.6. The fourth-order valence-electron chi connectivity index (χ4n) is 2.83. The molecule has 1 atom stereocenters. The quantitative estimate of drug-likeness (QED) is 0.800. The van der Waals surface area contributed by atoms with Gasteiger partial charge in [0, 0.05) is 6.20 Å². The lowest BCUT2D eigenvalue weighted by molar-refractivity contribution is 0.237. The number of nitrogens with zero attached hydrogens (tertiary/aromatic N) is 3. The Morgan fingerprint density at radius 3 is 2.58 bits per heavy atom. The molecule has 0 spiro atoms. The van der Waals surface area contributed by atoms with E-state index in [0.717, 1.165) is 6.42 Å². The summed E-state index contributed by atoms with van der Waals surface area (Å²) in [5.41, 5.74) is 1.27. The third kappa shape index (κ3) is 4.38. The summed E-state index contributed by atoms with van der Waals surface area (Å²) in [5, 5.41) is 13.4. The lowest BCUT2D eigenvalue weighted by Gasteiger charge is -2.29. The molecule has 0 N–H and O–H groups in total. The largest absolute Gasteiger partial charge is 0.268 e. The first-order valence-electron chi connectivity index (χ1n) is 7.75. The summed E-state index contributed by atoms with van der Waals surface area (Å²) in [7, 11) is 0. The Morgan fingerprint density at radius 1 is 1.37 bits per heavy atom. The third-order valence-corrected chi connectivity index (χ3v) is 3.90. The van der Waals surface area contributed by atoms with Crippen molar-refractivity contribution in [1.82, 2.24) is 9.78 Å². The second-order valence-electron chi connectivity index (χ2n) is 5.01. The van der Waals surface area contributed by atoms with Crippen LogP contribution in [0.25, 0.3) is 0 Å². The molecule has 1 saturated carbocycles. The lowest BCUT2D eigenvalue weighted by Crippen LogP contribution is -2.22. The van der Waals surface area contributed by atoms with E-state index in [-0.39, 0.29) is 0 Å². The minimum Gasteiger partial charge on any atom is -0.268 e. The van der Waals surface area contributed by atoms with Crippen LogP contribution in [0.2, 0.25) is 0 Å². The summed E-state index contributed by atoms with van der Waals surface area (Å²) in [6.07, 6.45) is 12.2. The highest BCUT2D eigenvalue weighted by molar-refractivity contribution is 5.04. The molecule has 3 heteroatoms. The van der Waals surface area contributed by atoms with E-state index >= 15 is 0 Å². The SMILES string of the molecule is CC.CCc1cnn(C(CC#N)C2CCCCC2)c1. The van der Waals surface area contributed by atoms with Crippen molar-refractivity contribution in [3.8, 4) is 6.07 Å². The van der Waals surface area contributed by atoms with E-state index in [4.69, 9.17) is 5.26 Å². The number of hydrogen-bond donors (Lipinski definition) is 0. The van der Waals surface area contributed by atoms with E-state index in [1.54, 1.807) is 0 Å². The zero-order valence-electron chi connectivity index (χ0n) is 12.6. The van der Waals surface area contributed by atoms with Gasteiger partial charge in [0.15, 0.2) is 0 Å². The van der Waals surface area contributed by atoms with Gasteiger partial charge in [0.1, 0.15) is 0 Å². The van der Waals surface area contributed by atoms with E-state index < -0.39 is 0 Å². The van der Waals surface area contributed by atoms with Crippen molar-refractivity contribution < 1.29 is 0 Å². The van der Waals surface area contributed by atoms with Gasteiger partial charge in [0.05, 0.1) is 24.7 Å². The maximum absolute atomic E-state index is 9.00. The summed E-state index contributed by atoms with van der Waals surface area (Å²) in [6.45, 7) is 6.14. The highest BCUT2D eigenvalue weighted by Gasteiger charge is 2.25. The van der Waals surface area contributed by atoms with Crippen LogP contribution in [0.4, 0.5) is 0 Å². The predicted octanol–water partition coefficient (Wildman–Crippen LogP) is 4.51. The van der Waals surface area contributed by atoms with Crippen LogP contribution in [0.3, 0.4) is 0 Å². The lowest BCUT2D eigenvalue weighted by atomic mass is 9.83. The minimum absolute atomic E-state index is 0.292. The zero-order chi connectivity index (χ0) is 14.1. The number of aryl methyl sites for hydroxylation is 1. The number of nitriles is 1. The van der Waals surface area contributed by atoms with Crippen LogP contribution in [0.5, 0.6) is 0 Å². The van der Waals surface area contributed by atoms with Crippen LogP contribution >= 0.6 is 0 Å². The van der Waals surface area contributed by atoms with Gasteiger partial charge in [-0.1, -0.05) is 40.0 Å². The smallest absolute Gasteiger partial charge is 0.0677 e. The normalized spacial score (nSPS) is 17.2. The summed E-state index contributed by atoms with van der Waals surface area (Å²) < 4.78 is 2.04. The third-order valence-electron chi connectivity index (χ3n) is 3.90. The maximum Gasteiger partial charge on any atom is 0.0677 e. The van der Waals surface area contributed by atoms with Crippen LogP contribution in [0.1, 0.15) is 70.9 Å². The average Bonchev–Trinajstić information content (AvgIpc) is 2.96. The van der Waals surface area contributed by atoms with Crippen LogP contribution in [0.15, 0.2) is 12.4 Å². The monoisotopic (exact) mass is 261 g/mol. The highest BCUT2D eigenvalue weighted by Crippen LogP contribution is 2.34. The van der Waals surface area contributed by atoms with Gasteiger partial charge in [-0.3, -0.25) is 4.68 Å². The molecular formula is C16H27N3. The number of hydrogen-bond acceptors (Lipinski definition) is 2. The summed E-state index contributed by atoms with van der Waals surface area (Å²) >= 11 is 0. The Bertz CT molecular complexity index is 383. The van der Waals surface area contributed by atoms with Crippen molar-refractivity contribution in [1.29, 1.82) is 5.26 Å². The summed E-state index contributed by atoms with van der Waals surface area (Å²) in [6, 6.07) is 2.62. The van der Waals surface area contributed by atoms with Crippen LogP contribution in [-0.2, 0) is 6.42 Å². The number of aromatic nitrogens is 2. The second-order valence-corrected chi connectivity index (χ2v) is 5.01. The standard InChI is InChI=1S/C14H21N3.C2H6/c1-2-12-10-16-17(11-12)14(8-9-15)13-6-4-3-5-7-13;1-2/h10-11,13-14H,2-8H2,1H3;1-2H3. The topological polar surface area (TPSA) is 41.6 Å². The first-order chi connectivity index (χ1) is 9.35. The highest BCUT2D eigenvalue weighted by atomic mass is 15.3. The van der Waals surface area contributed by atoms with Gasteiger partial charge in [-0.15, -0.1) is 0 Å². The molecule has 2 rings (SSSR count). The molecule has 1 unspecified atom stereocenters. The Hall–Kier alpha value is -1.30. The molecule has 0 amide bonds. The van der Waals surface area contributed by atoms with Crippen molar-refractivity contribution in [3.63, 3.8) is 0 Å². The van der Waals surface area contributed by atoms with E-state index in [9.17, 15) is 0 Å². The van der Waals surface area contributed by atoms with E-state index in [1.165, 1.54) is 37.7 Å². The van der Waals surface area contributed by atoms with Crippen molar-refractivity contribution in [2.45, 2.75) is 71.8 Å². The molecule has 0 radical (unpaired) electrons. The Balaban J connectivity index is 0.000000861. The van der Waals surface area contributed by atoms with E-state index in [1.807, 2.05) is 24.7 Å². The van der Waals surface area contributed by atoms with Gasteiger partial charge >= 0.3 is 0 Å². The molecular weight excluding hydrogens is 234 g/mol. The van der Waals surface area contributed by atoms with Crippen LogP contribution < -0.4 is 0 Å². The van der Waals surface area contributed by atoms with Crippen LogP contribution in [0, 0.1) is 17.2 Å². The van der Waals surface area contributed by atoms with Crippen molar-refractivity contribution in [3.05, 3.63) is 18.0 Å². The first-order valence-corrected chi connectivity index (χ1v) is 7.75. The van der Waals surface area contributed by atoms with Crippen LogP contribution in [-0.4, -0.2) is 9.78 Å². The molecule has 1 aromatic rings. The fraction of sp³-hybridized carbons (Fsp3) is 0.750. The van der Waals surface area contributed by atoms with Gasteiger partial charge in [-0.05, 0) is 30.7 Å². The Labute approximate surface area is 117 Å². The minimum atomic E-state index is 0.292. The Morgan fingerprint density at radius 2 is 2.05 bits per heavy atom. The van der Waals surface area contributed by atoms with Gasteiger partial charge in [-0.25, -0.2) is 0 Å². The Kier molecular flexibility index (Phi) is 7.25. The molecule has 3 nitrogen and oxygen atoms in total. The average molecular weight is 261 g/mol. The molecule has 19 heavy (non-hydrogen) atoms. The molecule has 0 aliphatic heterocycles. The van der Waals surface area contributed by atoms with E-state index in [2.05, 4.69) is 24.3 Å².